The van der Waals surface area contributed by atoms with Gasteiger partial charge in [-0.05, 0) is 51.2 Å². The predicted octanol–water partition coefficient (Wildman–Crippen LogP) is 4.17. The van der Waals surface area contributed by atoms with Crippen LogP contribution in [0.5, 0.6) is 11.5 Å². The number of hydrogen-bond acceptors (Lipinski definition) is 9. The number of fused-ring (bicyclic) bond motifs is 1. The smallest absolute Gasteiger partial charge is 0.263 e. The number of para-hydroxylation sites is 2. The number of phenols is 1. The van der Waals surface area contributed by atoms with Crippen molar-refractivity contribution >= 4 is 50.0 Å². The van der Waals surface area contributed by atoms with E-state index in [-0.39, 0.29) is 40.8 Å². The minimum atomic E-state index is -4.14. The van der Waals surface area contributed by atoms with Crippen LogP contribution in [0.1, 0.15) is 13.8 Å². The number of amides is 1. The Morgan fingerprint density at radius 2 is 1.67 bits per heavy atom. The fourth-order valence-electron chi connectivity index (χ4n) is 3.61. The molecule has 0 aliphatic heterocycles. The highest BCUT2D eigenvalue weighted by molar-refractivity contribution is 7.92. The minimum Gasteiger partial charge on any atom is -0.508 e. The quantitative estimate of drug-likeness (QED) is 0.229. The van der Waals surface area contributed by atoms with Gasteiger partial charge in [0.1, 0.15) is 11.5 Å². The zero-order valence-electron chi connectivity index (χ0n) is 22.0. The van der Waals surface area contributed by atoms with Crippen molar-refractivity contribution in [3.8, 4) is 11.5 Å². The topological polar surface area (TPSA) is 146 Å². The molecular formula is C27H30N6O5S. The summed E-state index contributed by atoms with van der Waals surface area (Å²) < 4.78 is 34.5. The van der Waals surface area contributed by atoms with E-state index < -0.39 is 10.0 Å². The second-order valence-corrected chi connectivity index (χ2v) is 10.8. The molecule has 11 nitrogen and oxygen atoms in total. The number of carbonyl (C=O) groups excluding carboxylic acids is 1. The summed E-state index contributed by atoms with van der Waals surface area (Å²) in [5.74, 6) is 0.148. The Balaban J connectivity index is 1.65. The van der Waals surface area contributed by atoms with E-state index in [1.807, 2.05) is 25.8 Å². The van der Waals surface area contributed by atoms with Crippen molar-refractivity contribution in [2.75, 3.05) is 36.1 Å². The average molecular weight is 551 g/mol. The summed E-state index contributed by atoms with van der Waals surface area (Å²) in [4.78, 5) is 23.2. The number of aromatic hydroxyl groups is 1. The molecule has 3 aromatic carbocycles. The van der Waals surface area contributed by atoms with Gasteiger partial charge in [-0.2, -0.15) is 0 Å². The van der Waals surface area contributed by atoms with Gasteiger partial charge in [-0.25, -0.2) is 18.4 Å². The Kier molecular flexibility index (Phi) is 8.17. The molecule has 0 fully saturated rings. The van der Waals surface area contributed by atoms with E-state index >= 15 is 0 Å². The number of nitrogens with one attached hydrogen (secondary N) is 3. The normalized spacial score (nSPS) is 11.5. The van der Waals surface area contributed by atoms with Crippen LogP contribution in [0, 0.1) is 0 Å². The van der Waals surface area contributed by atoms with Crippen LogP contribution in [-0.4, -0.2) is 61.0 Å². The number of nitrogens with zero attached hydrogens (tertiary/aromatic N) is 3. The van der Waals surface area contributed by atoms with Crippen LogP contribution in [0.2, 0.25) is 0 Å². The zero-order chi connectivity index (χ0) is 28.2. The van der Waals surface area contributed by atoms with E-state index in [1.165, 1.54) is 31.4 Å². The Labute approximate surface area is 226 Å². The van der Waals surface area contributed by atoms with E-state index in [9.17, 15) is 18.3 Å². The lowest BCUT2D eigenvalue weighted by atomic mass is 10.2. The molecule has 4 N–H and O–H groups in total. The van der Waals surface area contributed by atoms with Crippen molar-refractivity contribution < 1.29 is 23.1 Å². The monoisotopic (exact) mass is 550 g/mol. The maximum atomic E-state index is 13.4. The van der Waals surface area contributed by atoms with Gasteiger partial charge in [-0.15, -0.1) is 0 Å². The maximum Gasteiger partial charge on any atom is 0.263 e. The van der Waals surface area contributed by atoms with Gasteiger partial charge in [0.2, 0.25) is 5.91 Å². The maximum absolute atomic E-state index is 13.4. The van der Waals surface area contributed by atoms with E-state index in [0.717, 1.165) is 0 Å². The summed E-state index contributed by atoms with van der Waals surface area (Å²) in [6.45, 7) is 4.11. The lowest BCUT2D eigenvalue weighted by Gasteiger charge is -2.20. The minimum absolute atomic E-state index is 0.0498. The molecule has 0 aliphatic carbocycles. The molecule has 0 bridgehead atoms. The van der Waals surface area contributed by atoms with Crippen molar-refractivity contribution in [1.29, 1.82) is 0 Å². The zero-order valence-corrected chi connectivity index (χ0v) is 22.8. The summed E-state index contributed by atoms with van der Waals surface area (Å²) >= 11 is 0. The molecule has 12 heteroatoms. The molecule has 0 saturated heterocycles. The first-order valence-corrected chi connectivity index (χ1v) is 13.6. The second-order valence-electron chi connectivity index (χ2n) is 9.14. The number of anilines is 4. The second kappa shape index (κ2) is 11.5. The third kappa shape index (κ3) is 6.92. The first kappa shape index (κ1) is 27.6. The summed E-state index contributed by atoms with van der Waals surface area (Å²) in [6, 6.07) is 17.7. The number of phenolic OH excluding ortho intramolecular Hbond substituents is 1. The van der Waals surface area contributed by atoms with Crippen LogP contribution in [0.25, 0.3) is 11.0 Å². The molecule has 0 unspecified atom stereocenters. The molecule has 0 radical (unpaired) electrons. The van der Waals surface area contributed by atoms with Crippen molar-refractivity contribution in [2.24, 2.45) is 0 Å². The molecule has 204 valence electrons. The fraction of sp³-hybridized carbons (Fsp3) is 0.222. The molecule has 0 atom stereocenters. The van der Waals surface area contributed by atoms with Gasteiger partial charge in [0.05, 0.1) is 29.6 Å². The van der Waals surface area contributed by atoms with Gasteiger partial charge >= 0.3 is 0 Å². The average Bonchev–Trinajstić information content (AvgIpc) is 2.88. The molecule has 0 spiro atoms. The third-order valence-electron chi connectivity index (χ3n) is 5.89. The Morgan fingerprint density at radius 3 is 2.33 bits per heavy atom. The van der Waals surface area contributed by atoms with Gasteiger partial charge in [-0.3, -0.25) is 14.4 Å². The van der Waals surface area contributed by atoms with Gasteiger partial charge < -0.3 is 20.5 Å². The largest absolute Gasteiger partial charge is 0.508 e. The molecule has 4 rings (SSSR count). The molecular weight excluding hydrogens is 520 g/mol. The number of carbonyl (C=O) groups is 1. The number of likely N-dealkylation sites (N-methyl/N-ethyl adjacent to an activating group) is 1. The highest BCUT2D eigenvalue weighted by Crippen LogP contribution is 2.31. The molecule has 1 amide bonds. The number of hydrogen-bond donors (Lipinski definition) is 4. The molecule has 4 aromatic rings. The number of methoxy groups -OCH3 is 1. The Morgan fingerprint density at radius 1 is 0.974 bits per heavy atom. The first-order valence-electron chi connectivity index (χ1n) is 12.1. The molecule has 0 saturated carbocycles. The fourth-order valence-corrected chi connectivity index (χ4v) is 4.66. The lowest BCUT2D eigenvalue weighted by molar-refractivity contribution is -0.117. The van der Waals surface area contributed by atoms with Crippen LogP contribution >= 0.6 is 0 Å². The van der Waals surface area contributed by atoms with Crippen LogP contribution in [0.15, 0.2) is 71.6 Å². The van der Waals surface area contributed by atoms with Crippen molar-refractivity contribution in [2.45, 2.75) is 24.8 Å². The summed E-state index contributed by atoms with van der Waals surface area (Å²) in [5.41, 5.74) is 1.76. The van der Waals surface area contributed by atoms with E-state index in [2.05, 4.69) is 25.3 Å². The summed E-state index contributed by atoms with van der Waals surface area (Å²) in [6.07, 6.45) is 0. The van der Waals surface area contributed by atoms with Gasteiger partial charge in [0.15, 0.2) is 11.6 Å². The van der Waals surface area contributed by atoms with Crippen LogP contribution < -0.4 is 20.1 Å². The van der Waals surface area contributed by atoms with Crippen molar-refractivity contribution in [3.05, 3.63) is 66.7 Å². The summed E-state index contributed by atoms with van der Waals surface area (Å²) in [5, 5.41) is 15.8. The van der Waals surface area contributed by atoms with Crippen molar-refractivity contribution in [3.63, 3.8) is 0 Å². The number of aromatic nitrogens is 2. The highest BCUT2D eigenvalue weighted by atomic mass is 32.2. The molecule has 1 aromatic heterocycles. The Hall–Kier alpha value is -4.42. The molecule has 0 aliphatic rings. The van der Waals surface area contributed by atoms with E-state index in [1.54, 1.807) is 42.5 Å². The number of ether oxygens (including phenoxy) is 1. The number of benzene rings is 3. The lowest BCUT2D eigenvalue weighted by Crippen LogP contribution is -2.34. The van der Waals surface area contributed by atoms with Gasteiger partial charge in [0.25, 0.3) is 10.0 Å². The molecule has 1 heterocycles. The van der Waals surface area contributed by atoms with Crippen LogP contribution in [0.4, 0.5) is 23.0 Å². The van der Waals surface area contributed by atoms with Crippen LogP contribution in [-0.2, 0) is 14.8 Å². The van der Waals surface area contributed by atoms with Gasteiger partial charge in [0, 0.05) is 35.6 Å². The number of rotatable bonds is 10. The van der Waals surface area contributed by atoms with Gasteiger partial charge in [-0.1, -0.05) is 18.2 Å². The van der Waals surface area contributed by atoms with E-state index in [4.69, 9.17) is 4.74 Å². The SMILES string of the molecule is COc1cc(O)cc(Nc2nc3ccccc3nc2NS(=O)(=O)c2cccc(NC(=O)CN(C)C(C)C)c2)c1. The number of sulfonamides is 1. The van der Waals surface area contributed by atoms with Crippen LogP contribution in [0.3, 0.4) is 0 Å². The molecule has 39 heavy (non-hydrogen) atoms. The third-order valence-corrected chi connectivity index (χ3v) is 7.23. The summed E-state index contributed by atoms with van der Waals surface area (Å²) in [7, 11) is -0.844. The van der Waals surface area contributed by atoms with Crippen molar-refractivity contribution in [1.82, 2.24) is 14.9 Å². The standard InChI is InChI=1S/C27H30N6O5S/c1-17(2)33(3)16-25(35)28-18-8-7-9-22(14-18)39(36,37)32-27-26(30-23-10-5-6-11-24(23)31-27)29-19-12-20(34)15-21(13-19)38-4/h5-15,17,34H,16H2,1-4H3,(H,28,35)(H,29,30)(H,31,32). The first-order chi connectivity index (χ1) is 18.5. The highest BCUT2D eigenvalue weighted by Gasteiger charge is 2.20. The predicted molar refractivity (Wildman–Crippen MR) is 151 cm³/mol. The van der Waals surface area contributed by atoms with E-state index in [0.29, 0.717) is 28.2 Å². The Bertz CT molecular complexity index is 1610.